The molecule has 0 aliphatic heterocycles. The van der Waals surface area contributed by atoms with Crippen molar-refractivity contribution in [2.75, 3.05) is 0 Å². The van der Waals surface area contributed by atoms with E-state index >= 15 is 0 Å². The Kier molecular flexibility index (Phi) is 6.17. The fourth-order valence-corrected chi connectivity index (χ4v) is 2.26. The van der Waals surface area contributed by atoms with Crippen LogP contribution >= 0.6 is 11.8 Å². The van der Waals surface area contributed by atoms with E-state index in [0.29, 0.717) is 0 Å². The molecular weight excluding hydrogens is 192 g/mol. The van der Waals surface area contributed by atoms with Gasteiger partial charge in [-0.15, -0.1) is 0 Å². The standard InChI is InChI=1S/C12H21OS/c1-6-12(5,14-11(4)13)9-7-8-10(2)3/h8H,1,6-7,9H2,2-5H3. The van der Waals surface area contributed by atoms with Crippen LogP contribution in [0.15, 0.2) is 11.6 Å². The first-order chi connectivity index (χ1) is 6.39. The molecule has 2 heteroatoms. The number of hydrogen-bond acceptors (Lipinski definition) is 2. The number of thioether (sulfide) groups is 1. The first-order valence-electron chi connectivity index (χ1n) is 5.02. The van der Waals surface area contributed by atoms with Crippen LogP contribution in [0.2, 0.25) is 0 Å². The Bertz CT molecular complexity index is 216. The van der Waals surface area contributed by atoms with Crippen molar-refractivity contribution < 1.29 is 4.79 Å². The molecule has 0 aliphatic carbocycles. The SMILES string of the molecule is [CH2]CC(C)(CCC=C(C)C)SC(C)=O. The van der Waals surface area contributed by atoms with E-state index in [-0.39, 0.29) is 9.86 Å². The molecule has 1 radical (unpaired) electrons. The second-order valence-electron chi connectivity index (χ2n) is 4.11. The molecule has 1 atom stereocenters. The molecule has 0 heterocycles. The topological polar surface area (TPSA) is 17.1 Å². The van der Waals surface area contributed by atoms with Crippen molar-refractivity contribution in [3.8, 4) is 0 Å². The number of hydrogen-bond donors (Lipinski definition) is 0. The molecule has 0 spiro atoms. The summed E-state index contributed by atoms with van der Waals surface area (Å²) in [5.74, 6) is 0. The first kappa shape index (κ1) is 13.8. The number of allylic oxidation sites excluding steroid dienone is 2. The van der Waals surface area contributed by atoms with E-state index in [1.165, 1.54) is 17.3 Å². The number of carbonyl (C=O) groups is 1. The molecule has 0 saturated carbocycles. The van der Waals surface area contributed by atoms with Gasteiger partial charge in [-0.2, -0.15) is 0 Å². The van der Waals surface area contributed by atoms with E-state index in [4.69, 9.17) is 0 Å². The minimum Gasteiger partial charge on any atom is -0.288 e. The second kappa shape index (κ2) is 6.28. The van der Waals surface area contributed by atoms with Crippen LogP contribution < -0.4 is 0 Å². The fraction of sp³-hybridized carbons (Fsp3) is 0.667. The summed E-state index contributed by atoms with van der Waals surface area (Å²) in [6, 6.07) is 0. The predicted octanol–water partition coefficient (Wildman–Crippen LogP) is 4.00. The van der Waals surface area contributed by atoms with Crippen molar-refractivity contribution in [1.82, 2.24) is 0 Å². The molecule has 0 fully saturated rings. The van der Waals surface area contributed by atoms with Crippen LogP contribution in [-0.2, 0) is 4.79 Å². The van der Waals surface area contributed by atoms with Crippen LogP contribution in [-0.4, -0.2) is 9.86 Å². The summed E-state index contributed by atoms with van der Waals surface area (Å²) in [6.45, 7) is 11.8. The first-order valence-corrected chi connectivity index (χ1v) is 5.83. The van der Waals surface area contributed by atoms with Gasteiger partial charge in [0, 0.05) is 11.7 Å². The van der Waals surface area contributed by atoms with E-state index in [9.17, 15) is 4.79 Å². The van der Waals surface area contributed by atoms with Gasteiger partial charge in [0.25, 0.3) is 0 Å². The smallest absolute Gasteiger partial charge is 0.186 e. The molecule has 0 bridgehead atoms. The third-order valence-corrected chi connectivity index (χ3v) is 3.33. The molecule has 0 N–H and O–H groups in total. The van der Waals surface area contributed by atoms with Crippen molar-refractivity contribution in [3.63, 3.8) is 0 Å². The van der Waals surface area contributed by atoms with Gasteiger partial charge in [0.05, 0.1) is 0 Å². The average molecular weight is 213 g/mol. The molecule has 81 valence electrons. The lowest BCUT2D eigenvalue weighted by Crippen LogP contribution is -2.20. The lowest BCUT2D eigenvalue weighted by atomic mass is 10.0. The summed E-state index contributed by atoms with van der Waals surface area (Å²) in [5.41, 5.74) is 1.34. The van der Waals surface area contributed by atoms with Crippen LogP contribution in [0.1, 0.15) is 47.0 Å². The van der Waals surface area contributed by atoms with Gasteiger partial charge >= 0.3 is 0 Å². The van der Waals surface area contributed by atoms with Gasteiger partial charge in [0.1, 0.15) is 0 Å². The Morgan fingerprint density at radius 1 is 1.43 bits per heavy atom. The van der Waals surface area contributed by atoms with Crippen molar-refractivity contribution >= 4 is 16.9 Å². The molecule has 0 aliphatic rings. The maximum absolute atomic E-state index is 11.0. The zero-order chi connectivity index (χ0) is 11.2. The molecule has 0 rings (SSSR count). The zero-order valence-electron chi connectivity index (χ0n) is 9.72. The molecule has 0 amide bonds. The quantitative estimate of drug-likeness (QED) is 0.642. The highest BCUT2D eigenvalue weighted by Crippen LogP contribution is 2.33. The van der Waals surface area contributed by atoms with Crippen molar-refractivity contribution in [2.45, 2.75) is 51.7 Å². The Hall–Kier alpha value is -0.240. The van der Waals surface area contributed by atoms with Gasteiger partial charge in [0.2, 0.25) is 0 Å². The highest BCUT2D eigenvalue weighted by molar-refractivity contribution is 8.14. The third-order valence-electron chi connectivity index (χ3n) is 2.14. The fourth-order valence-electron chi connectivity index (χ4n) is 1.24. The lowest BCUT2D eigenvalue weighted by molar-refractivity contribution is -0.109. The molecule has 0 aromatic heterocycles. The summed E-state index contributed by atoms with van der Waals surface area (Å²) in [5, 5.41) is 0.188. The minimum atomic E-state index is 0.0117. The van der Waals surface area contributed by atoms with Crippen LogP contribution in [0, 0.1) is 6.92 Å². The summed E-state index contributed by atoms with van der Waals surface area (Å²) in [6.07, 6.45) is 5.07. The lowest BCUT2D eigenvalue weighted by Gasteiger charge is -2.25. The van der Waals surface area contributed by atoms with E-state index in [2.05, 4.69) is 33.8 Å². The highest BCUT2D eigenvalue weighted by atomic mass is 32.2. The molecule has 1 nitrogen and oxygen atoms in total. The number of rotatable bonds is 5. The van der Waals surface area contributed by atoms with Crippen LogP contribution in [0.25, 0.3) is 0 Å². The Morgan fingerprint density at radius 2 is 2.00 bits per heavy atom. The van der Waals surface area contributed by atoms with E-state index in [0.717, 1.165) is 19.3 Å². The monoisotopic (exact) mass is 213 g/mol. The van der Waals surface area contributed by atoms with E-state index in [1.807, 2.05) is 0 Å². The van der Waals surface area contributed by atoms with Gasteiger partial charge in [-0.1, -0.05) is 30.3 Å². The molecule has 0 saturated heterocycles. The molecular formula is C12H21OS. The molecule has 0 aromatic carbocycles. The largest absolute Gasteiger partial charge is 0.288 e. The molecule has 0 aromatic rings. The molecule has 14 heavy (non-hydrogen) atoms. The summed E-state index contributed by atoms with van der Waals surface area (Å²) in [4.78, 5) is 11.0. The van der Waals surface area contributed by atoms with Crippen LogP contribution in [0.4, 0.5) is 0 Å². The van der Waals surface area contributed by atoms with Gasteiger partial charge in [-0.25, -0.2) is 0 Å². The van der Waals surface area contributed by atoms with Gasteiger partial charge in [-0.05, 0) is 40.0 Å². The average Bonchev–Trinajstić information content (AvgIpc) is 2.02. The third kappa shape index (κ3) is 6.25. The summed E-state index contributed by atoms with van der Waals surface area (Å²) < 4.78 is 0.0117. The maximum atomic E-state index is 11.0. The van der Waals surface area contributed by atoms with Gasteiger partial charge in [0.15, 0.2) is 5.12 Å². The van der Waals surface area contributed by atoms with E-state index in [1.54, 1.807) is 6.92 Å². The van der Waals surface area contributed by atoms with Gasteiger partial charge < -0.3 is 0 Å². The molecule has 1 unspecified atom stereocenters. The van der Waals surface area contributed by atoms with Gasteiger partial charge in [-0.3, -0.25) is 4.79 Å². The summed E-state index contributed by atoms with van der Waals surface area (Å²) >= 11 is 1.42. The van der Waals surface area contributed by atoms with E-state index < -0.39 is 0 Å². The normalized spacial score (nSPS) is 14.6. The highest BCUT2D eigenvalue weighted by Gasteiger charge is 2.23. The summed E-state index contributed by atoms with van der Waals surface area (Å²) in [7, 11) is 0. The van der Waals surface area contributed by atoms with Crippen molar-refractivity contribution in [1.29, 1.82) is 0 Å². The Labute approximate surface area is 92.3 Å². The minimum absolute atomic E-state index is 0.0117. The zero-order valence-corrected chi connectivity index (χ0v) is 10.5. The predicted molar refractivity (Wildman–Crippen MR) is 65.3 cm³/mol. The van der Waals surface area contributed by atoms with Crippen LogP contribution in [0.5, 0.6) is 0 Å². The second-order valence-corrected chi connectivity index (χ2v) is 5.88. The Morgan fingerprint density at radius 3 is 2.36 bits per heavy atom. The van der Waals surface area contributed by atoms with Crippen LogP contribution in [0.3, 0.4) is 0 Å². The Balaban J connectivity index is 4.12. The van der Waals surface area contributed by atoms with Crippen molar-refractivity contribution in [3.05, 3.63) is 18.6 Å². The van der Waals surface area contributed by atoms with Crippen molar-refractivity contribution in [2.24, 2.45) is 0 Å². The number of carbonyl (C=O) groups excluding carboxylic acids is 1. The maximum Gasteiger partial charge on any atom is 0.186 e.